The number of ether oxygens (including phenoxy) is 1. The lowest BCUT2D eigenvalue weighted by Gasteiger charge is -2.13. The monoisotopic (exact) mass is 418 g/mol. The topological polar surface area (TPSA) is 85.2 Å². The molecule has 3 rings (SSSR count). The maximum absolute atomic E-state index is 12.4. The largest absolute Gasteiger partial charge is 0.497 e. The van der Waals surface area contributed by atoms with E-state index in [1.54, 1.807) is 26.3 Å². The van der Waals surface area contributed by atoms with Gasteiger partial charge in [-0.2, -0.15) is 0 Å². The standard InChI is InChI=1S/C24H26N4O3/c1-17(26-23(29)13-8-19-6-11-22(31-3)12-7-19)24(30)27-21-9-4-20(5-10-21)16-28-15-14-25-18(28)2/h4-15,17H,16H2,1-3H3,(H,26,29)(H,27,30)/b13-8+. The van der Waals surface area contributed by atoms with Crippen LogP contribution in [0.5, 0.6) is 5.75 Å². The SMILES string of the molecule is COc1ccc(/C=C/C(=O)NC(C)C(=O)Nc2ccc(Cn3ccnc3C)cc2)cc1. The molecule has 0 spiro atoms. The molecule has 1 heterocycles. The second-order valence-electron chi connectivity index (χ2n) is 7.13. The number of hydrogen-bond acceptors (Lipinski definition) is 4. The van der Waals surface area contributed by atoms with Gasteiger partial charge >= 0.3 is 0 Å². The number of amides is 2. The van der Waals surface area contributed by atoms with Crippen molar-refractivity contribution in [2.75, 3.05) is 12.4 Å². The maximum Gasteiger partial charge on any atom is 0.246 e. The van der Waals surface area contributed by atoms with Crippen molar-refractivity contribution in [3.63, 3.8) is 0 Å². The third-order valence-corrected chi connectivity index (χ3v) is 4.79. The molecule has 1 atom stereocenters. The van der Waals surface area contributed by atoms with Crippen LogP contribution in [0.3, 0.4) is 0 Å². The van der Waals surface area contributed by atoms with Gasteiger partial charge in [-0.25, -0.2) is 4.98 Å². The summed E-state index contributed by atoms with van der Waals surface area (Å²) in [7, 11) is 1.60. The molecule has 0 aliphatic carbocycles. The van der Waals surface area contributed by atoms with Crippen LogP contribution in [-0.2, 0) is 16.1 Å². The molecule has 160 valence electrons. The number of benzene rings is 2. The van der Waals surface area contributed by atoms with Crippen molar-refractivity contribution in [1.29, 1.82) is 0 Å². The summed E-state index contributed by atoms with van der Waals surface area (Å²) in [5.74, 6) is 1.06. The fraction of sp³-hybridized carbons (Fsp3) is 0.208. The van der Waals surface area contributed by atoms with Crippen LogP contribution in [0.4, 0.5) is 5.69 Å². The lowest BCUT2D eigenvalue weighted by atomic mass is 10.2. The number of hydrogen-bond donors (Lipinski definition) is 2. The summed E-state index contributed by atoms with van der Waals surface area (Å²) >= 11 is 0. The minimum atomic E-state index is -0.679. The zero-order valence-corrected chi connectivity index (χ0v) is 17.8. The zero-order valence-electron chi connectivity index (χ0n) is 17.8. The molecule has 0 saturated carbocycles. The normalized spacial score (nSPS) is 11.8. The van der Waals surface area contributed by atoms with E-state index in [0.29, 0.717) is 12.2 Å². The lowest BCUT2D eigenvalue weighted by Crippen LogP contribution is -2.40. The summed E-state index contributed by atoms with van der Waals surface area (Å²) in [6.07, 6.45) is 6.78. The van der Waals surface area contributed by atoms with Crippen molar-refractivity contribution in [1.82, 2.24) is 14.9 Å². The number of anilines is 1. The minimum absolute atomic E-state index is 0.288. The average Bonchev–Trinajstić information content (AvgIpc) is 3.18. The summed E-state index contributed by atoms with van der Waals surface area (Å²) in [5, 5.41) is 5.49. The van der Waals surface area contributed by atoms with Gasteiger partial charge in [-0.1, -0.05) is 24.3 Å². The van der Waals surface area contributed by atoms with Gasteiger partial charge in [-0.05, 0) is 55.3 Å². The first-order valence-electron chi connectivity index (χ1n) is 9.95. The Morgan fingerprint density at radius 3 is 2.45 bits per heavy atom. The van der Waals surface area contributed by atoms with E-state index in [0.717, 1.165) is 22.7 Å². The van der Waals surface area contributed by atoms with E-state index < -0.39 is 6.04 Å². The number of carbonyl (C=O) groups is 2. The fourth-order valence-corrected chi connectivity index (χ4v) is 2.93. The van der Waals surface area contributed by atoms with Crippen LogP contribution in [0.25, 0.3) is 6.08 Å². The third kappa shape index (κ3) is 6.30. The predicted octanol–water partition coefficient (Wildman–Crippen LogP) is 3.41. The highest BCUT2D eigenvalue weighted by Crippen LogP contribution is 2.13. The molecule has 2 N–H and O–H groups in total. The smallest absolute Gasteiger partial charge is 0.246 e. The molecular formula is C24H26N4O3. The lowest BCUT2D eigenvalue weighted by molar-refractivity contribution is -0.123. The van der Waals surface area contributed by atoms with Crippen molar-refractivity contribution in [2.24, 2.45) is 0 Å². The van der Waals surface area contributed by atoms with Gasteiger partial charge in [0.1, 0.15) is 17.6 Å². The van der Waals surface area contributed by atoms with Crippen molar-refractivity contribution in [2.45, 2.75) is 26.4 Å². The Morgan fingerprint density at radius 1 is 1.13 bits per heavy atom. The third-order valence-electron chi connectivity index (χ3n) is 4.79. The number of rotatable bonds is 8. The van der Waals surface area contributed by atoms with Crippen LogP contribution in [0.1, 0.15) is 23.9 Å². The summed E-state index contributed by atoms with van der Waals surface area (Å²) in [6.45, 7) is 4.31. The predicted molar refractivity (Wildman–Crippen MR) is 121 cm³/mol. The molecule has 0 aliphatic heterocycles. The van der Waals surface area contributed by atoms with Gasteiger partial charge in [0, 0.05) is 30.7 Å². The highest BCUT2D eigenvalue weighted by molar-refractivity contribution is 5.99. The van der Waals surface area contributed by atoms with Crippen molar-refractivity contribution < 1.29 is 14.3 Å². The molecule has 7 heteroatoms. The Hall–Kier alpha value is -3.87. The second-order valence-corrected chi connectivity index (χ2v) is 7.13. The number of nitrogens with one attached hydrogen (secondary N) is 2. The van der Waals surface area contributed by atoms with Crippen molar-refractivity contribution in [3.05, 3.63) is 84.0 Å². The van der Waals surface area contributed by atoms with E-state index in [4.69, 9.17) is 4.74 Å². The Bertz CT molecular complexity index is 1050. The first kappa shape index (κ1) is 21.8. The van der Waals surface area contributed by atoms with Crippen LogP contribution in [0.15, 0.2) is 67.0 Å². The fourth-order valence-electron chi connectivity index (χ4n) is 2.93. The maximum atomic E-state index is 12.4. The summed E-state index contributed by atoms with van der Waals surface area (Å²) in [5.41, 5.74) is 2.63. The van der Waals surface area contributed by atoms with Crippen LogP contribution in [-0.4, -0.2) is 34.5 Å². The highest BCUT2D eigenvalue weighted by Gasteiger charge is 2.14. The van der Waals surface area contributed by atoms with Crippen LogP contribution < -0.4 is 15.4 Å². The number of aryl methyl sites for hydroxylation is 1. The summed E-state index contributed by atoms with van der Waals surface area (Å²) < 4.78 is 7.15. The van der Waals surface area contributed by atoms with Gasteiger partial charge in [0.25, 0.3) is 0 Å². The number of imidazole rings is 1. The van der Waals surface area contributed by atoms with Crippen molar-refractivity contribution >= 4 is 23.6 Å². The Kier molecular flexibility index (Phi) is 7.22. The number of methoxy groups -OCH3 is 1. The van der Waals surface area contributed by atoms with Gasteiger partial charge in [-0.3, -0.25) is 9.59 Å². The molecule has 1 aromatic heterocycles. The molecule has 0 fully saturated rings. The Morgan fingerprint density at radius 2 is 1.84 bits per heavy atom. The second kappa shape index (κ2) is 10.2. The summed E-state index contributed by atoms with van der Waals surface area (Å²) in [4.78, 5) is 28.7. The molecule has 31 heavy (non-hydrogen) atoms. The van der Waals surface area contributed by atoms with Crippen molar-refractivity contribution in [3.8, 4) is 5.75 Å². The van der Waals surface area contributed by atoms with E-state index in [1.807, 2.05) is 66.2 Å². The first-order chi connectivity index (χ1) is 14.9. The molecule has 0 saturated heterocycles. The van der Waals surface area contributed by atoms with Crippen LogP contribution in [0, 0.1) is 6.92 Å². The highest BCUT2D eigenvalue weighted by atomic mass is 16.5. The molecule has 7 nitrogen and oxygen atoms in total. The number of nitrogens with zero attached hydrogens (tertiary/aromatic N) is 2. The molecular weight excluding hydrogens is 392 g/mol. The van der Waals surface area contributed by atoms with Crippen LogP contribution in [0.2, 0.25) is 0 Å². The van der Waals surface area contributed by atoms with E-state index >= 15 is 0 Å². The minimum Gasteiger partial charge on any atom is -0.497 e. The Labute approximate surface area is 181 Å². The van der Waals surface area contributed by atoms with Gasteiger partial charge in [-0.15, -0.1) is 0 Å². The number of carbonyl (C=O) groups excluding carboxylic acids is 2. The van der Waals surface area contributed by atoms with Crippen LogP contribution >= 0.6 is 0 Å². The van der Waals surface area contributed by atoms with Gasteiger partial charge in [0.05, 0.1) is 7.11 Å². The molecule has 2 amide bonds. The van der Waals surface area contributed by atoms with Gasteiger partial charge in [0.2, 0.25) is 11.8 Å². The first-order valence-corrected chi connectivity index (χ1v) is 9.95. The van der Waals surface area contributed by atoms with Gasteiger partial charge < -0.3 is 19.9 Å². The Balaban J connectivity index is 1.49. The molecule has 0 radical (unpaired) electrons. The van der Waals surface area contributed by atoms with Gasteiger partial charge in [0.15, 0.2) is 0 Å². The zero-order chi connectivity index (χ0) is 22.2. The van der Waals surface area contributed by atoms with E-state index in [-0.39, 0.29) is 11.8 Å². The van der Waals surface area contributed by atoms with E-state index in [1.165, 1.54) is 6.08 Å². The molecule has 1 unspecified atom stereocenters. The average molecular weight is 418 g/mol. The molecule has 3 aromatic rings. The quantitative estimate of drug-likeness (QED) is 0.549. The molecule has 0 bridgehead atoms. The van der Waals surface area contributed by atoms with E-state index in [9.17, 15) is 9.59 Å². The number of aromatic nitrogens is 2. The molecule has 0 aliphatic rings. The molecule has 2 aromatic carbocycles. The summed E-state index contributed by atoms with van der Waals surface area (Å²) in [6, 6.07) is 14.2. The van der Waals surface area contributed by atoms with E-state index in [2.05, 4.69) is 15.6 Å².